The molecule has 9 heteroatoms. The minimum atomic E-state index is -6.01. The normalized spacial score (nSPS) is 13.4. The maximum absolute atomic E-state index is 12.3. The van der Waals surface area contributed by atoms with Crippen LogP contribution in [0, 0.1) is 0 Å². The van der Waals surface area contributed by atoms with Crippen molar-refractivity contribution in [1.82, 2.24) is 4.98 Å². The average Bonchev–Trinajstić information content (AvgIpc) is 2.27. The summed E-state index contributed by atoms with van der Waals surface area (Å²) in [6, 6.07) is 2.18. The summed E-state index contributed by atoms with van der Waals surface area (Å²) in [5.74, 6) is -1.51. The van der Waals surface area contributed by atoms with Crippen molar-refractivity contribution in [2.45, 2.75) is 24.4 Å². The van der Waals surface area contributed by atoms with Crippen LogP contribution in [0.1, 0.15) is 16.8 Å². The highest BCUT2D eigenvalue weighted by Crippen LogP contribution is 2.45. The first-order chi connectivity index (χ1) is 8.49. The van der Waals surface area contributed by atoms with E-state index in [9.17, 15) is 31.1 Å². The summed E-state index contributed by atoms with van der Waals surface area (Å²) in [6.07, 6.45) is -12.2. The van der Waals surface area contributed by atoms with Crippen LogP contribution in [-0.4, -0.2) is 33.8 Å². The lowest BCUT2D eigenvalue weighted by Gasteiger charge is -2.31. The fraction of sp³-hybridized carbons (Fsp3) is 0.400. The summed E-state index contributed by atoms with van der Waals surface area (Å²) >= 11 is 0. The number of carbonyl (C=O) groups is 1. The minimum Gasteiger partial charge on any atom is -0.373 e. The smallest absolute Gasteiger partial charge is 0.373 e. The Balaban J connectivity index is 3.08. The quantitative estimate of drug-likeness (QED) is 0.686. The summed E-state index contributed by atoms with van der Waals surface area (Å²) in [5.41, 5.74) is -5.53. The fourth-order valence-electron chi connectivity index (χ4n) is 1.22. The van der Waals surface area contributed by atoms with Crippen molar-refractivity contribution in [1.29, 1.82) is 0 Å². The molecule has 1 aromatic rings. The Kier molecular flexibility index (Phi) is 3.89. The molecule has 0 fully saturated rings. The molecule has 0 radical (unpaired) electrons. The van der Waals surface area contributed by atoms with E-state index in [1.807, 2.05) is 0 Å². The van der Waals surface area contributed by atoms with E-state index in [0.29, 0.717) is 0 Å². The number of pyridine rings is 1. The molecule has 1 N–H and O–H groups in total. The summed E-state index contributed by atoms with van der Waals surface area (Å²) in [5, 5.41) is 8.82. The Labute approximate surface area is 102 Å². The minimum absolute atomic E-state index is 0.450. The first-order valence-corrected chi connectivity index (χ1v) is 4.78. The van der Waals surface area contributed by atoms with Gasteiger partial charge in [0, 0.05) is 18.0 Å². The molecular weight excluding hydrogens is 280 g/mol. The van der Waals surface area contributed by atoms with Gasteiger partial charge in [-0.05, 0) is 12.1 Å². The number of hydrogen-bond donors (Lipinski definition) is 1. The molecule has 3 nitrogen and oxygen atoms in total. The van der Waals surface area contributed by atoms with Crippen molar-refractivity contribution >= 4 is 5.78 Å². The van der Waals surface area contributed by atoms with E-state index in [-0.39, 0.29) is 0 Å². The SMILES string of the molecule is O=C(CC(O)(C(F)(F)F)C(F)(F)F)c1cccnc1. The monoisotopic (exact) mass is 287 g/mol. The van der Waals surface area contributed by atoms with Crippen molar-refractivity contribution in [3.63, 3.8) is 0 Å². The third kappa shape index (κ3) is 3.03. The van der Waals surface area contributed by atoms with Crippen molar-refractivity contribution in [2.75, 3.05) is 0 Å². The molecule has 0 spiro atoms. The molecule has 1 heterocycles. The predicted molar refractivity (Wildman–Crippen MR) is 50.2 cm³/mol. The molecule has 1 aromatic heterocycles. The molecule has 0 unspecified atom stereocenters. The standard InChI is InChI=1S/C10H7F6NO2/c11-9(12,13)8(19,10(14,15)16)4-7(18)6-2-1-3-17-5-6/h1-3,5,19H,4H2. The van der Waals surface area contributed by atoms with Gasteiger partial charge in [0.05, 0.1) is 6.42 Å². The summed E-state index contributed by atoms with van der Waals surface area (Å²) < 4.78 is 74.0. The van der Waals surface area contributed by atoms with Crippen molar-refractivity contribution in [3.05, 3.63) is 30.1 Å². The van der Waals surface area contributed by atoms with Gasteiger partial charge >= 0.3 is 12.4 Å². The van der Waals surface area contributed by atoms with Crippen molar-refractivity contribution in [3.8, 4) is 0 Å². The largest absolute Gasteiger partial charge is 0.426 e. The van der Waals surface area contributed by atoms with E-state index < -0.39 is 35.7 Å². The van der Waals surface area contributed by atoms with E-state index in [0.717, 1.165) is 12.3 Å². The number of nitrogens with zero attached hydrogens (tertiary/aromatic N) is 1. The molecule has 0 aliphatic rings. The van der Waals surface area contributed by atoms with Gasteiger partial charge in [-0.25, -0.2) is 0 Å². The lowest BCUT2D eigenvalue weighted by atomic mass is 9.93. The van der Waals surface area contributed by atoms with Gasteiger partial charge < -0.3 is 5.11 Å². The highest BCUT2D eigenvalue weighted by atomic mass is 19.4. The molecule has 19 heavy (non-hydrogen) atoms. The zero-order chi connectivity index (χ0) is 14.9. The maximum atomic E-state index is 12.3. The summed E-state index contributed by atoms with van der Waals surface area (Å²) in [6.45, 7) is 0. The Morgan fingerprint density at radius 2 is 1.68 bits per heavy atom. The Morgan fingerprint density at radius 1 is 1.16 bits per heavy atom. The number of aromatic nitrogens is 1. The predicted octanol–water partition coefficient (Wildman–Crippen LogP) is 2.51. The second-order valence-corrected chi connectivity index (χ2v) is 3.70. The van der Waals surface area contributed by atoms with E-state index >= 15 is 0 Å². The summed E-state index contributed by atoms with van der Waals surface area (Å²) in [4.78, 5) is 14.7. The van der Waals surface area contributed by atoms with Gasteiger partial charge in [-0.2, -0.15) is 26.3 Å². The molecule has 0 saturated heterocycles. The van der Waals surface area contributed by atoms with Gasteiger partial charge in [0.1, 0.15) is 0 Å². The molecule has 1 rings (SSSR count). The van der Waals surface area contributed by atoms with Crippen LogP contribution >= 0.6 is 0 Å². The van der Waals surface area contributed by atoms with Crippen LogP contribution in [0.25, 0.3) is 0 Å². The highest BCUT2D eigenvalue weighted by Gasteiger charge is 2.70. The average molecular weight is 287 g/mol. The van der Waals surface area contributed by atoms with Crippen LogP contribution in [0.3, 0.4) is 0 Å². The van der Waals surface area contributed by atoms with Crippen LogP contribution in [0.15, 0.2) is 24.5 Å². The second kappa shape index (κ2) is 4.80. The van der Waals surface area contributed by atoms with Crippen LogP contribution in [0.4, 0.5) is 26.3 Å². The van der Waals surface area contributed by atoms with E-state index in [2.05, 4.69) is 4.98 Å². The van der Waals surface area contributed by atoms with Crippen molar-refractivity contribution < 1.29 is 36.2 Å². The lowest BCUT2D eigenvalue weighted by molar-refractivity contribution is -0.365. The van der Waals surface area contributed by atoms with E-state index in [4.69, 9.17) is 5.11 Å². The van der Waals surface area contributed by atoms with Crippen molar-refractivity contribution in [2.24, 2.45) is 0 Å². The van der Waals surface area contributed by atoms with Crippen LogP contribution in [0.2, 0.25) is 0 Å². The zero-order valence-corrected chi connectivity index (χ0v) is 9.09. The Morgan fingerprint density at radius 3 is 2.05 bits per heavy atom. The third-order valence-electron chi connectivity index (χ3n) is 2.34. The van der Waals surface area contributed by atoms with Gasteiger partial charge in [0.15, 0.2) is 5.78 Å². The van der Waals surface area contributed by atoms with Gasteiger partial charge in [-0.15, -0.1) is 0 Å². The number of carbonyl (C=O) groups excluding carboxylic acids is 1. The fourth-order valence-corrected chi connectivity index (χ4v) is 1.22. The number of ketones is 1. The Bertz CT molecular complexity index is 439. The first kappa shape index (κ1) is 15.4. The van der Waals surface area contributed by atoms with Gasteiger partial charge in [-0.3, -0.25) is 9.78 Å². The van der Waals surface area contributed by atoms with Gasteiger partial charge in [0.2, 0.25) is 0 Å². The molecule has 0 atom stereocenters. The number of alkyl halides is 6. The summed E-state index contributed by atoms with van der Waals surface area (Å²) in [7, 11) is 0. The van der Waals surface area contributed by atoms with Crippen LogP contribution in [0.5, 0.6) is 0 Å². The van der Waals surface area contributed by atoms with E-state index in [1.165, 1.54) is 12.3 Å². The second-order valence-electron chi connectivity index (χ2n) is 3.70. The van der Waals surface area contributed by atoms with E-state index in [1.54, 1.807) is 0 Å². The number of halogens is 6. The molecule has 0 aliphatic carbocycles. The maximum Gasteiger partial charge on any atom is 0.426 e. The number of aliphatic hydroxyl groups is 1. The molecule has 106 valence electrons. The molecule has 0 amide bonds. The molecule has 0 bridgehead atoms. The van der Waals surface area contributed by atoms with Gasteiger partial charge in [0.25, 0.3) is 5.60 Å². The lowest BCUT2D eigenvalue weighted by Crippen LogP contribution is -2.57. The molecule has 0 saturated carbocycles. The topological polar surface area (TPSA) is 50.2 Å². The molecular formula is C10H7F6NO2. The number of hydrogen-bond acceptors (Lipinski definition) is 3. The number of Topliss-reactive ketones (excluding diaryl/α,β-unsaturated/α-hetero) is 1. The third-order valence-corrected chi connectivity index (χ3v) is 2.34. The van der Waals surface area contributed by atoms with Crippen LogP contribution in [-0.2, 0) is 0 Å². The highest BCUT2D eigenvalue weighted by molar-refractivity contribution is 5.96. The molecule has 0 aliphatic heterocycles. The van der Waals surface area contributed by atoms with Crippen LogP contribution < -0.4 is 0 Å². The zero-order valence-electron chi connectivity index (χ0n) is 9.09. The Hall–Kier alpha value is -1.64. The number of rotatable bonds is 3. The van der Waals surface area contributed by atoms with Gasteiger partial charge in [-0.1, -0.05) is 0 Å². The first-order valence-electron chi connectivity index (χ1n) is 4.78. The molecule has 0 aromatic carbocycles.